The fourth-order valence-electron chi connectivity index (χ4n) is 3.01. The molecule has 0 radical (unpaired) electrons. The van der Waals surface area contributed by atoms with E-state index in [-0.39, 0.29) is 15.7 Å². The highest BCUT2D eigenvalue weighted by Gasteiger charge is 2.33. The Kier molecular flexibility index (Phi) is 4.79. The number of pyridine rings is 1. The molecule has 1 aliphatic carbocycles. The van der Waals surface area contributed by atoms with Crippen molar-refractivity contribution in [2.24, 2.45) is 0 Å². The van der Waals surface area contributed by atoms with Gasteiger partial charge in [0.1, 0.15) is 11.4 Å². The topological polar surface area (TPSA) is 46.8 Å². The van der Waals surface area contributed by atoms with Crippen LogP contribution in [-0.2, 0) is 11.2 Å². The maximum absolute atomic E-state index is 14.7. The van der Waals surface area contributed by atoms with Crippen molar-refractivity contribution in [2.75, 3.05) is 11.9 Å². The van der Waals surface area contributed by atoms with Crippen LogP contribution in [0, 0.1) is 12.4 Å². The van der Waals surface area contributed by atoms with Gasteiger partial charge in [-0.2, -0.15) is 0 Å². The number of ether oxygens (including phenoxy) is 1. The molecule has 1 aromatic carbocycles. The Morgan fingerprint density at radius 3 is 2.63 bits per heavy atom. The van der Waals surface area contributed by atoms with Gasteiger partial charge in [0.15, 0.2) is 0 Å². The van der Waals surface area contributed by atoms with Crippen molar-refractivity contribution >= 4 is 40.7 Å². The van der Waals surface area contributed by atoms with Gasteiger partial charge in [0.05, 0.1) is 28.0 Å². The molecule has 0 aliphatic heterocycles. The third-order valence-corrected chi connectivity index (χ3v) is 4.90. The van der Waals surface area contributed by atoms with Crippen molar-refractivity contribution in [2.45, 2.75) is 32.8 Å². The van der Waals surface area contributed by atoms with E-state index >= 15 is 0 Å². The van der Waals surface area contributed by atoms with Gasteiger partial charge >= 0.3 is 6.09 Å². The Bertz CT molecular complexity index is 1010. The molecule has 5 nitrogen and oxygen atoms in total. The van der Waals surface area contributed by atoms with Gasteiger partial charge in [-0.1, -0.05) is 23.2 Å². The van der Waals surface area contributed by atoms with E-state index in [1.807, 2.05) is 0 Å². The molecule has 1 amide bonds. The van der Waals surface area contributed by atoms with Gasteiger partial charge in [0, 0.05) is 25.2 Å². The number of halogens is 3. The number of rotatable bonds is 1. The Balaban J connectivity index is 2.22. The first-order chi connectivity index (χ1) is 12.5. The summed E-state index contributed by atoms with van der Waals surface area (Å²) < 4.78 is 20.1. The van der Waals surface area contributed by atoms with Crippen LogP contribution in [0.3, 0.4) is 0 Å². The zero-order valence-corrected chi connectivity index (χ0v) is 16.7. The lowest BCUT2D eigenvalue weighted by molar-refractivity contribution is 0.0589. The maximum atomic E-state index is 14.7. The summed E-state index contributed by atoms with van der Waals surface area (Å²) in [6, 6.07) is 1.16. The van der Waals surface area contributed by atoms with Crippen LogP contribution >= 0.6 is 23.2 Å². The van der Waals surface area contributed by atoms with Crippen molar-refractivity contribution in [3.63, 3.8) is 0 Å². The van der Waals surface area contributed by atoms with E-state index in [0.29, 0.717) is 34.5 Å². The van der Waals surface area contributed by atoms with E-state index < -0.39 is 17.5 Å². The van der Waals surface area contributed by atoms with Gasteiger partial charge < -0.3 is 4.74 Å². The lowest BCUT2D eigenvalue weighted by atomic mass is 10.0. The van der Waals surface area contributed by atoms with Crippen LogP contribution in [0.15, 0.2) is 12.3 Å². The summed E-state index contributed by atoms with van der Waals surface area (Å²) in [6.45, 7) is 12.6. The van der Waals surface area contributed by atoms with Gasteiger partial charge in [0.25, 0.3) is 0 Å². The molecule has 140 valence electrons. The quantitative estimate of drug-likeness (QED) is 0.463. The number of carbonyl (C=O) groups excluding carboxylic acids is 1. The van der Waals surface area contributed by atoms with Crippen molar-refractivity contribution in [3.8, 4) is 11.1 Å². The molecule has 0 unspecified atom stereocenters. The Labute approximate surface area is 166 Å². The minimum atomic E-state index is -0.752. The molecule has 0 saturated carbocycles. The van der Waals surface area contributed by atoms with Crippen molar-refractivity contribution in [1.82, 2.24) is 4.98 Å². The highest BCUT2D eigenvalue weighted by atomic mass is 35.5. The number of hydrogen-bond acceptors (Lipinski definition) is 3. The molecular weight excluding hydrogens is 392 g/mol. The average molecular weight is 408 g/mol. The van der Waals surface area contributed by atoms with E-state index in [4.69, 9.17) is 34.5 Å². The predicted molar refractivity (Wildman–Crippen MR) is 103 cm³/mol. The van der Waals surface area contributed by atoms with Gasteiger partial charge in [-0.05, 0) is 38.0 Å². The molecule has 0 spiro atoms. The SMILES string of the molecule is [C-]#[N+]c1c(F)cc(N(C)C(=O)OC(C)(C)C)c2c1-c1c(ncc(Cl)c1Cl)C2. The molecule has 0 fully saturated rings. The molecule has 2 aromatic rings. The fraction of sp³-hybridized carbons (Fsp3) is 0.316. The third-order valence-electron chi connectivity index (χ3n) is 4.12. The summed E-state index contributed by atoms with van der Waals surface area (Å²) in [5.74, 6) is -0.752. The van der Waals surface area contributed by atoms with Crippen molar-refractivity contribution < 1.29 is 13.9 Å². The molecule has 0 bridgehead atoms. The van der Waals surface area contributed by atoms with Crippen molar-refractivity contribution in [3.05, 3.63) is 50.8 Å². The standard InChI is InChI=1S/C19H16Cl2FN3O2/c1-19(2,3)27-18(26)25(5)13-7-11(22)17(23-4)14-9(13)6-12-15(14)16(21)10(20)8-24-12/h7-8H,6H2,1-3,5H3. The minimum absolute atomic E-state index is 0.170. The van der Waals surface area contributed by atoms with Gasteiger partial charge in [-0.15, -0.1) is 0 Å². The third kappa shape index (κ3) is 3.33. The smallest absolute Gasteiger partial charge is 0.414 e. The van der Waals surface area contributed by atoms with Crippen LogP contribution in [-0.4, -0.2) is 23.7 Å². The first kappa shape index (κ1) is 19.4. The second kappa shape index (κ2) is 6.66. The molecule has 3 rings (SSSR count). The fourth-order valence-corrected chi connectivity index (χ4v) is 3.40. The second-order valence-electron chi connectivity index (χ2n) is 7.15. The number of aromatic nitrogens is 1. The van der Waals surface area contributed by atoms with E-state index in [9.17, 15) is 9.18 Å². The van der Waals surface area contributed by atoms with Gasteiger partial charge in [-0.25, -0.2) is 14.0 Å². The molecule has 1 aliphatic rings. The highest BCUT2D eigenvalue weighted by molar-refractivity contribution is 6.44. The molecule has 1 heterocycles. The summed E-state index contributed by atoms with van der Waals surface area (Å²) in [4.78, 5) is 21.3. The zero-order valence-electron chi connectivity index (χ0n) is 15.2. The van der Waals surface area contributed by atoms with Crippen LogP contribution in [0.5, 0.6) is 0 Å². The van der Waals surface area contributed by atoms with Gasteiger partial charge in [0.2, 0.25) is 5.69 Å². The molecule has 1 aromatic heterocycles. The molecule has 0 atom stereocenters. The van der Waals surface area contributed by atoms with E-state index in [0.717, 1.165) is 6.07 Å². The molecule has 8 heteroatoms. The number of carbonyl (C=O) groups is 1. The maximum Gasteiger partial charge on any atom is 0.414 e. The van der Waals surface area contributed by atoms with Crippen LogP contribution in [0.2, 0.25) is 10.0 Å². The monoisotopic (exact) mass is 407 g/mol. The molecule has 27 heavy (non-hydrogen) atoms. The summed E-state index contributed by atoms with van der Waals surface area (Å²) in [6.07, 6.45) is 1.08. The number of benzene rings is 1. The van der Waals surface area contributed by atoms with Crippen molar-refractivity contribution in [1.29, 1.82) is 0 Å². The summed E-state index contributed by atoms with van der Waals surface area (Å²) in [5.41, 5.74) is 1.35. The summed E-state index contributed by atoms with van der Waals surface area (Å²) in [5, 5.41) is 0.423. The molecule has 0 N–H and O–H groups in total. The highest BCUT2D eigenvalue weighted by Crippen LogP contribution is 2.51. The minimum Gasteiger partial charge on any atom is -0.443 e. The van der Waals surface area contributed by atoms with Gasteiger partial charge in [-0.3, -0.25) is 9.88 Å². The van der Waals surface area contributed by atoms with Crippen LogP contribution in [0.1, 0.15) is 32.0 Å². The Morgan fingerprint density at radius 2 is 2.04 bits per heavy atom. The lowest BCUT2D eigenvalue weighted by Crippen LogP contribution is -2.34. The Hall–Kier alpha value is -2.36. The molecule has 0 saturated heterocycles. The van der Waals surface area contributed by atoms with Crippen LogP contribution in [0.4, 0.5) is 20.6 Å². The number of nitrogens with zero attached hydrogens (tertiary/aromatic N) is 3. The van der Waals surface area contributed by atoms with Crippen LogP contribution in [0.25, 0.3) is 16.0 Å². The number of anilines is 1. The summed E-state index contributed by atoms with van der Waals surface area (Å²) >= 11 is 12.4. The first-order valence-electron chi connectivity index (χ1n) is 8.08. The first-order valence-corrected chi connectivity index (χ1v) is 8.83. The lowest BCUT2D eigenvalue weighted by Gasteiger charge is -2.26. The average Bonchev–Trinajstić information content (AvgIpc) is 2.95. The zero-order chi connectivity index (χ0) is 20.1. The summed E-state index contributed by atoms with van der Waals surface area (Å²) in [7, 11) is 1.49. The second-order valence-corrected chi connectivity index (χ2v) is 7.93. The van der Waals surface area contributed by atoms with E-state index in [2.05, 4.69) is 9.83 Å². The van der Waals surface area contributed by atoms with Crippen LogP contribution < -0.4 is 4.90 Å². The predicted octanol–water partition coefficient (Wildman–Crippen LogP) is 6.02. The normalized spacial score (nSPS) is 12.2. The number of fused-ring (bicyclic) bond motifs is 3. The number of hydrogen-bond donors (Lipinski definition) is 0. The number of amides is 1. The van der Waals surface area contributed by atoms with E-state index in [1.165, 1.54) is 18.1 Å². The van der Waals surface area contributed by atoms with E-state index in [1.54, 1.807) is 20.8 Å². The Morgan fingerprint density at radius 1 is 1.37 bits per heavy atom. The largest absolute Gasteiger partial charge is 0.443 e. The molecular formula is C19H16Cl2FN3O2.